The van der Waals surface area contributed by atoms with Gasteiger partial charge in [0.05, 0.1) is 35.4 Å². The van der Waals surface area contributed by atoms with E-state index in [1.54, 1.807) is 10.9 Å². The van der Waals surface area contributed by atoms with Crippen molar-refractivity contribution in [3.05, 3.63) is 64.8 Å². The molecule has 0 spiro atoms. The predicted molar refractivity (Wildman–Crippen MR) is 103 cm³/mol. The molecule has 0 unspecified atom stereocenters. The number of aryl methyl sites for hydroxylation is 2. The standard InChI is InChI=1S/C20H15ClN6O/c1-26-11-15(10-23-26)27-17-7-16(4-2-13(17)9-24-27)28-18-5-3-12-6-14(8-22)20(21)25-19(12)18/h2,4,6-7,9-11,18H,3,5H2,1H3/t18-/m1/s1. The number of ether oxygens (including phenoxy) is 1. The first-order valence-electron chi connectivity index (χ1n) is 8.85. The number of hydrogen-bond donors (Lipinski definition) is 0. The maximum atomic E-state index is 9.13. The van der Waals surface area contributed by atoms with Gasteiger partial charge in [0, 0.05) is 18.5 Å². The molecule has 1 aliphatic carbocycles. The number of hydrogen-bond acceptors (Lipinski definition) is 5. The number of nitriles is 1. The molecule has 1 atom stereocenters. The summed E-state index contributed by atoms with van der Waals surface area (Å²) in [4.78, 5) is 4.41. The number of halogens is 1. The van der Waals surface area contributed by atoms with E-state index in [2.05, 4.69) is 21.3 Å². The summed E-state index contributed by atoms with van der Waals surface area (Å²) < 4.78 is 9.82. The van der Waals surface area contributed by atoms with Crippen molar-refractivity contribution in [2.24, 2.45) is 7.05 Å². The summed E-state index contributed by atoms with van der Waals surface area (Å²) in [5.74, 6) is 0.735. The molecule has 3 aromatic heterocycles. The number of aromatic nitrogens is 5. The van der Waals surface area contributed by atoms with E-state index in [0.717, 1.165) is 46.4 Å². The molecule has 3 heterocycles. The maximum absolute atomic E-state index is 9.13. The lowest BCUT2D eigenvalue weighted by Crippen LogP contribution is -2.06. The molecule has 5 rings (SSSR count). The van der Waals surface area contributed by atoms with Crippen molar-refractivity contribution in [3.63, 3.8) is 0 Å². The Balaban J connectivity index is 1.49. The van der Waals surface area contributed by atoms with Crippen molar-refractivity contribution in [2.45, 2.75) is 18.9 Å². The van der Waals surface area contributed by atoms with Crippen LogP contribution in [0, 0.1) is 11.3 Å². The van der Waals surface area contributed by atoms with Gasteiger partial charge in [0.1, 0.15) is 28.8 Å². The molecule has 0 amide bonds. The Morgan fingerprint density at radius 3 is 2.93 bits per heavy atom. The molecule has 0 fully saturated rings. The normalized spacial score (nSPS) is 15.5. The second-order valence-electron chi connectivity index (χ2n) is 6.78. The van der Waals surface area contributed by atoms with Gasteiger partial charge in [-0.15, -0.1) is 0 Å². The van der Waals surface area contributed by atoms with Crippen LogP contribution in [-0.2, 0) is 13.5 Å². The largest absolute Gasteiger partial charge is 0.484 e. The quantitative estimate of drug-likeness (QED) is 0.497. The van der Waals surface area contributed by atoms with Gasteiger partial charge in [-0.25, -0.2) is 9.67 Å². The first kappa shape index (κ1) is 16.8. The van der Waals surface area contributed by atoms with Gasteiger partial charge in [0.25, 0.3) is 0 Å². The van der Waals surface area contributed by atoms with Crippen LogP contribution in [-0.4, -0.2) is 24.5 Å². The second kappa shape index (κ2) is 6.36. The van der Waals surface area contributed by atoms with Gasteiger partial charge in [0.15, 0.2) is 0 Å². The van der Waals surface area contributed by atoms with Crippen LogP contribution in [0.5, 0.6) is 5.75 Å². The molecule has 0 radical (unpaired) electrons. The molecule has 1 aromatic carbocycles. The first-order valence-corrected chi connectivity index (χ1v) is 9.23. The zero-order valence-electron chi connectivity index (χ0n) is 15.0. The first-order chi connectivity index (χ1) is 13.6. The van der Waals surface area contributed by atoms with Crippen LogP contribution < -0.4 is 4.74 Å². The number of pyridine rings is 1. The fourth-order valence-corrected chi connectivity index (χ4v) is 3.79. The minimum Gasteiger partial charge on any atom is -0.484 e. The van der Waals surface area contributed by atoms with E-state index < -0.39 is 0 Å². The van der Waals surface area contributed by atoms with E-state index in [0.29, 0.717) is 5.56 Å². The van der Waals surface area contributed by atoms with Gasteiger partial charge < -0.3 is 4.74 Å². The highest BCUT2D eigenvalue weighted by Crippen LogP contribution is 2.36. The molecule has 28 heavy (non-hydrogen) atoms. The summed E-state index contributed by atoms with van der Waals surface area (Å²) >= 11 is 6.12. The smallest absolute Gasteiger partial charge is 0.147 e. The molecule has 7 nitrogen and oxygen atoms in total. The van der Waals surface area contributed by atoms with Crippen molar-refractivity contribution >= 4 is 22.5 Å². The average molecular weight is 391 g/mol. The minimum atomic E-state index is -0.188. The molecular weight excluding hydrogens is 376 g/mol. The Morgan fingerprint density at radius 2 is 2.14 bits per heavy atom. The monoisotopic (exact) mass is 390 g/mol. The Kier molecular flexibility index (Phi) is 3.81. The van der Waals surface area contributed by atoms with Crippen LogP contribution >= 0.6 is 11.6 Å². The number of fused-ring (bicyclic) bond motifs is 2. The Hall–Kier alpha value is -3.37. The highest BCUT2D eigenvalue weighted by atomic mass is 35.5. The lowest BCUT2D eigenvalue weighted by Gasteiger charge is -2.15. The van der Waals surface area contributed by atoms with Gasteiger partial charge in [0.2, 0.25) is 0 Å². The fourth-order valence-electron chi connectivity index (χ4n) is 3.60. The van der Waals surface area contributed by atoms with Crippen LogP contribution in [0.1, 0.15) is 29.3 Å². The van der Waals surface area contributed by atoms with Gasteiger partial charge in [-0.2, -0.15) is 15.5 Å². The zero-order chi connectivity index (χ0) is 19.3. The number of benzene rings is 1. The molecule has 0 saturated carbocycles. The van der Waals surface area contributed by atoms with Crippen molar-refractivity contribution in [2.75, 3.05) is 0 Å². The van der Waals surface area contributed by atoms with Crippen molar-refractivity contribution in [1.82, 2.24) is 24.5 Å². The molecule has 0 saturated heterocycles. The van der Waals surface area contributed by atoms with Crippen molar-refractivity contribution in [1.29, 1.82) is 5.26 Å². The Bertz CT molecular complexity index is 1250. The van der Waals surface area contributed by atoms with Crippen LogP contribution in [0.15, 0.2) is 42.9 Å². The third-order valence-corrected chi connectivity index (χ3v) is 5.23. The lowest BCUT2D eigenvalue weighted by atomic mass is 10.1. The van der Waals surface area contributed by atoms with Gasteiger partial charge >= 0.3 is 0 Å². The fraction of sp³-hybridized carbons (Fsp3) is 0.200. The topological polar surface area (TPSA) is 81.5 Å². The highest BCUT2D eigenvalue weighted by molar-refractivity contribution is 6.30. The molecule has 138 valence electrons. The molecule has 0 N–H and O–H groups in total. The predicted octanol–water partition coefficient (Wildman–Crippen LogP) is 3.75. The zero-order valence-corrected chi connectivity index (χ0v) is 15.8. The van der Waals surface area contributed by atoms with Gasteiger partial charge in [-0.1, -0.05) is 11.6 Å². The number of nitrogens with zero attached hydrogens (tertiary/aromatic N) is 6. The molecule has 8 heteroatoms. The van der Waals surface area contributed by atoms with E-state index in [1.807, 2.05) is 48.4 Å². The van der Waals surface area contributed by atoms with Crippen LogP contribution in [0.3, 0.4) is 0 Å². The van der Waals surface area contributed by atoms with Gasteiger partial charge in [-0.3, -0.25) is 4.68 Å². The summed E-state index contributed by atoms with van der Waals surface area (Å²) in [6, 6.07) is 9.78. The van der Waals surface area contributed by atoms with E-state index in [9.17, 15) is 0 Å². The highest BCUT2D eigenvalue weighted by Gasteiger charge is 2.27. The molecule has 4 aromatic rings. The third-order valence-electron chi connectivity index (χ3n) is 4.95. The lowest BCUT2D eigenvalue weighted by molar-refractivity contribution is 0.203. The second-order valence-corrected chi connectivity index (χ2v) is 7.14. The average Bonchev–Trinajstić information content (AvgIpc) is 3.40. The molecule has 0 bridgehead atoms. The third kappa shape index (κ3) is 2.70. The van der Waals surface area contributed by atoms with E-state index in [1.165, 1.54) is 0 Å². The summed E-state index contributed by atoms with van der Waals surface area (Å²) in [6.07, 6.45) is 6.93. The van der Waals surface area contributed by atoms with Crippen LogP contribution in [0.2, 0.25) is 5.15 Å². The summed E-state index contributed by atoms with van der Waals surface area (Å²) in [5.41, 5.74) is 4.06. The van der Waals surface area contributed by atoms with Crippen molar-refractivity contribution < 1.29 is 4.74 Å². The molecule has 1 aliphatic rings. The van der Waals surface area contributed by atoms with Gasteiger partial charge in [-0.05, 0) is 36.6 Å². The van der Waals surface area contributed by atoms with Crippen LogP contribution in [0.25, 0.3) is 16.6 Å². The summed E-state index contributed by atoms with van der Waals surface area (Å²) in [5, 5.41) is 19.1. The van der Waals surface area contributed by atoms with Crippen LogP contribution in [0.4, 0.5) is 0 Å². The van der Waals surface area contributed by atoms with E-state index in [4.69, 9.17) is 21.6 Å². The molecular formula is C20H15ClN6O. The Morgan fingerprint density at radius 1 is 1.25 bits per heavy atom. The summed E-state index contributed by atoms with van der Waals surface area (Å²) in [6.45, 7) is 0. The minimum absolute atomic E-state index is 0.188. The SMILES string of the molecule is Cn1cc(-n2ncc3ccc(O[C@@H]4CCc5cc(C#N)c(Cl)nc54)cc32)cn1. The molecule has 0 aliphatic heterocycles. The van der Waals surface area contributed by atoms with E-state index in [-0.39, 0.29) is 11.3 Å². The van der Waals surface area contributed by atoms with E-state index >= 15 is 0 Å². The number of rotatable bonds is 3. The Labute approximate surface area is 165 Å². The van der Waals surface area contributed by atoms with Crippen molar-refractivity contribution in [3.8, 4) is 17.5 Å². The summed E-state index contributed by atoms with van der Waals surface area (Å²) in [7, 11) is 1.87. The maximum Gasteiger partial charge on any atom is 0.147 e.